The van der Waals surface area contributed by atoms with Crippen LogP contribution in [-0.2, 0) is 25.7 Å². The molecule has 0 spiro atoms. The first kappa shape index (κ1) is 11.9. The smallest absolute Gasteiger partial charge is 0.202 e. The number of fused-ring (bicyclic) bond motifs is 2. The van der Waals surface area contributed by atoms with Crippen molar-refractivity contribution >= 4 is 0 Å². The lowest BCUT2D eigenvalue weighted by Gasteiger charge is -2.09. The fourth-order valence-corrected chi connectivity index (χ4v) is 3.71. The van der Waals surface area contributed by atoms with Crippen LogP contribution in [0.15, 0.2) is 18.2 Å². The number of aromatic hydroxyl groups is 2. The molecule has 3 nitrogen and oxygen atoms in total. The number of aromatic nitrogens is 1. The molecule has 0 unspecified atom stereocenters. The minimum atomic E-state index is 0.232. The highest BCUT2D eigenvalue weighted by molar-refractivity contribution is 5.55. The minimum absolute atomic E-state index is 0.232. The van der Waals surface area contributed by atoms with Crippen LogP contribution in [0.4, 0.5) is 0 Å². The van der Waals surface area contributed by atoms with Crippen LogP contribution in [-0.4, -0.2) is 14.8 Å². The number of benzene rings is 1. The summed E-state index contributed by atoms with van der Waals surface area (Å²) in [4.78, 5) is 0. The topological polar surface area (TPSA) is 45.4 Å². The highest BCUT2D eigenvalue weighted by atomic mass is 16.3. The summed E-state index contributed by atoms with van der Waals surface area (Å²) >= 11 is 0. The van der Waals surface area contributed by atoms with Crippen LogP contribution in [0.3, 0.4) is 0 Å². The van der Waals surface area contributed by atoms with E-state index in [9.17, 15) is 10.2 Å². The zero-order valence-electron chi connectivity index (χ0n) is 11.5. The number of aryl methyl sites for hydroxylation is 2. The van der Waals surface area contributed by atoms with Gasteiger partial charge in [-0.15, -0.1) is 0 Å². The number of hydrogen-bond acceptors (Lipinski definition) is 2. The lowest BCUT2D eigenvalue weighted by atomic mass is 9.95. The van der Waals surface area contributed by atoms with Gasteiger partial charge in [0, 0.05) is 11.1 Å². The molecule has 1 heterocycles. The quantitative estimate of drug-likeness (QED) is 0.834. The molecule has 0 saturated carbocycles. The van der Waals surface area contributed by atoms with Crippen LogP contribution in [0.5, 0.6) is 11.8 Å². The van der Waals surface area contributed by atoms with E-state index in [1.165, 1.54) is 17.5 Å². The molecular formula is C17H19NO2. The van der Waals surface area contributed by atoms with Crippen LogP contribution in [0.2, 0.25) is 0 Å². The van der Waals surface area contributed by atoms with Crippen LogP contribution in [0.1, 0.15) is 41.5 Å². The Labute approximate surface area is 118 Å². The molecule has 1 aromatic carbocycles. The maximum absolute atomic E-state index is 10.5. The van der Waals surface area contributed by atoms with Gasteiger partial charge < -0.3 is 10.2 Å². The minimum Gasteiger partial charge on any atom is -0.494 e. The molecule has 0 fully saturated rings. The summed E-state index contributed by atoms with van der Waals surface area (Å²) in [5.74, 6) is 0.463. The molecule has 0 amide bonds. The van der Waals surface area contributed by atoms with E-state index in [0.717, 1.165) is 55.3 Å². The van der Waals surface area contributed by atoms with Crippen LogP contribution >= 0.6 is 0 Å². The predicted octanol–water partition coefficient (Wildman–Crippen LogP) is 3.26. The van der Waals surface area contributed by atoms with Crippen molar-refractivity contribution < 1.29 is 10.2 Å². The molecule has 2 aromatic rings. The monoisotopic (exact) mass is 269 g/mol. The summed E-state index contributed by atoms with van der Waals surface area (Å²) < 4.78 is 1.62. The summed E-state index contributed by atoms with van der Waals surface area (Å²) in [6, 6.07) is 6.26. The Hall–Kier alpha value is -1.90. The molecule has 2 aliphatic rings. The van der Waals surface area contributed by atoms with Crippen molar-refractivity contribution in [2.45, 2.75) is 44.9 Å². The normalized spacial score (nSPS) is 17.0. The van der Waals surface area contributed by atoms with E-state index in [-0.39, 0.29) is 11.8 Å². The number of rotatable bonds is 1. The Morgan fingerprint density at radius 1 is 0.750 bits per heavy atom. The summed E-state index contributed by atoms with van der Waals surface area (Å²) in [5, 5.41) is 20.9. The van der Waals surface area contributed by atoms with Crippen molar-refractivity contribution in [2.75, 3.05) is 0 Å². The zero-order chi connectivity index (χ0) is 13.7. The highest BCUT2D eigenvalue weighted by Gasteiger charge is 2.25. The van der Waals surface area contributed by atoms with E-state index >= 15 is 0 Å². The van der Waals surface area contributed by atoms with Crippen LogP contribution in [0.25, 0.3) is 5.69 Å². The van der Waals surface area contributed by atoms with Gasteiger partial charge in [-0.3, -0.25) is 4.57 Å². The molecule has 3 heteroatoms. The van der Waals surface area contributed by atoms with E-state index in [4.69, 9.17) is 0 Å². The van der Waals surface area contributed by atoms with E-state index in [2.05, 4.69) is 12.1 Å². The van der Waals surface area contributed by atoms with Gasteiger partial charge in [-0.2, -0.15) is 0 Å². The van der Waals surface area contributed by atoms with Gasteiger partial charge in [-0.05, 0) is 68.2 Å². The Balaban J connectivity index is 1.88. The molecule has 2 aliphatic carbocycles. The first-order valence-corrected chi connectivity index (χ1v) is 7.52. The second kappa shape index (κ2) is 4.30. The van der Waals surface area contributed by atoms with E-state index in [1.807, 2.05) is 6.07 Å². The van der Waals surface area contributed by atoms with Crippen molar-refractivity contribution in [3.05, 3.63) is 40.5 Å². The van der Waals surface area contributed by atoms with Crippen molar-refractivity contribution in [1.29, 1.82) is 0 Å². The second-order valence-corrected chi connectivity index (χ2v) is 5.95. The van der Waals surface area contributed by atoms with Gasteiger partial charge in [0.25, 0.3) is 0 Å². The summed E-state index contributed by atoms with van der Waals surface area (Å²) in [5.41, 5.74) is 5.52. The summed E-state index contributed by atoms with van der Waals surface area (Å²) in [7, 11) is 0. The Kier molecular flexibility index (Phi) is 2.56. The largest absolute Gasteiger partial charge is 0.494 e. The Morgan fingerprint density at radius 2 is 1.40 bits per heavy atom. The fraction of sp³-hybridized carbons (Fsp3) is 0.412. The first-order valence-electron chi connectivity index (χ1n) is 7.52. The molecule has 0 radical (unpaired) electrons. The molecule has 4 rings (SSSR count). The Bertz CT molecular complexity index is 655. The molecule has 1 aromatic heterocycles. The predicted molar refractivity (Wildman–Crippen MR) is 77.8 cm³/mol. The molecule has 0 bridgehead atoms. The zero-order valence-corrected chi connectivity index (χ0v) is 11.5. The van der Waals surface area contributed by atoms with Gasteiger partial charge in [0.2, 0.25) is 11.8 Å². The van der Waals surface area contributed by atoms with Gasteiger partial charge in [0.1, 0.15) is 0 Å². The van der Waals surface area contributed by atoms with Gasteiger partial charge in [0.05, 0.1) is 5.69 Å². The van der Waals surface area contributed by atoms with Gasteiger partial charge in [-0.1, -0.05) is 6.07 Å². The standard InChI is InChI=1S/C17H19NO2/c19-16-14-6-1-2-7-15(14)17(20)18(16)13-9-8-11-4-3-5-12(11)10-13/h8-10,19-20H,1-7H2. The van der Waals surface area contributed by atoms with Crippen LogP contribution < -0.4 is 0 Å². The van der Waals surface area contributed by atoms with Gasteiger partial charge >= 0.3 is 0 Å². The average Bonchev–Trinajstić information content (AvgIpc) is 3.03. The van der Waals surface area contributed by atoms with E-state index < -0.39 is 0 Å². The third kappa shape index (κ3) is 1.59. The van der Waals surface area contributed by atoms with Crippen molar-refractivity contribution in [1.82, 2.24) is 4.57 Å². The molecule has 0 aliphatic heterocycles. The van der Waals surface area contributed by atoms with Crippen molar-refractivity contribution in [2.24, 2.45) is 0 Å². The van der Waals surface area contributed by atoms with E-state index in [1.54, 1.807) is 4.57 Å². The molecule has 20 heavy (non-hydrogen) atoms. The summed E-state index contributed by atoms with van der Waals surface area (Å²) in [6.45, 7) is 0. The lowest BCUT2D eigenvalue weighted by Crippen LogP contribution is -1.98. The lowest BCUT2D eigenvalue weighted by molar-refractivity contribution is 0.399. The van der Waals surface area contributed by atoms with Crippen LogP contribution in [0, 0.1) is 0 Å². The second-order valence-electron chi connectivity index (χ2n) is 5.95. The number of hydrogen-bond donors (Lipinski definition) is 2. The molecular weight excluding hydrogens is 250 g/mol. The van der Waals surface area contributed by atoms with Crippen molar-refractivity contribution in [3.8, 4) is 17.4 Å². The third-order valence-electron chi connectivity index (χ3n) is 4.77. The van der Waals surface area contributed by atoms with E-state index in [0.29, 0.717) is 0 Å². The van der Waals surface area contributed by atoms with Gasteiger partial charge in [0.15, 0.2) is 0 Å². The average molecular weight is 269 g/mol. The molecule has 0 atom stereocenters. The highest BCUT2D eigenvalue weighted by Crippen LogP contribution is 2.41. The maximum atomic E-state index is 10.5. The SMILES string of the molecule is Oc1c2c(c(O)n1-c1ccc3c(c1)CCC3)CCCC2. The fourth-order valence-electron chi connectivity index (χ4n) is 3.71. The maximum Gasteiger partial charge on any atom is 0.202 e. The number of nitrogens with zero attached hydrogens (tertiary/aromatic N) is 1. The molecule has 2 N–H and O–H groups in total. The first-order chi connectivity index (χ1) is 9.75. The Morgan fingerprint density at radius 3 is 2.10 bits per heavy atom. The third-order valence-corrected chi connectivity index (χ3v) is 4.77. The summed E-state index contributed by atoms with van der Waals surface area (Å²) in [6.07, 6.45) is 7.38. The van der Waals surface area contributed by atoms with Crippen molar-refractivity contribution in [3.63, 3.8) is 0 Å². The molecule has 0 saturated heterocycles. The van der Waals surface area contributed by atoms with Gasteiger partial charge in [-0.25, -0.2) is 0 Å². The molecule has 104 valence electrons.